The van der Waals surface area contributed by atoms with Gasteiger partial charge in [0.2, 0.25) is 6.10 Å². The molecule has 0 saturated carbocycles. The van der Waals surface area contributed by atoms with E-state index in [1.807, 2.05) is 18.2 Å². The Morgan fingerprint density at radius 2 is 1.59 bits per heavy atom. The van der Waals surface area contributed by atoms with Gasteiger partial charge < -0.3 is 14.3 Å². The maximum atomic E-state index is 12.3. The summed E-state index contributed by atoms with van der Waals surface area (Å²) in [5.74, 6) is -0.738. The maximum absolute atomic E-state index is 12.3. The van der Waals surface area contributed by atoms with Crippen molar-refractivity contribution in [3.05, 3.63) is 88.3 Å². The fraction of sp³-hybridized carbons (Fsp3) is 0.0909. The molecule has 0 spiro atoms. The van der Waals surface area contributed by atoms with Crippen molar-refractivity contribution >= 4 is 27.7 Å². The summed E-state index contributed by atoms with van der Waals surface area (Å²) in [4.78, 5) is 24.0. The molecule has 1 atom stereocenters. The molecule has 4 aromatic rings. The smallest absolute Gasteiger partial charge is 0.349 e. The molecule has 1 N–H and O–H groups in total. The third-order valence-electron chi connectivity index (χ3n) is 4.56. The van der Waals surface area contributed by atoms with Gasteiger partial charge in [-0.15, -0.1) is 0 Å². The van der Waals surface area contributed by atoms with Crippen molar-refractivity contribution in [1.82, 2.24) is 0 Å². The zero-order chi connectivity index (χ0) is 19.0. The maximum Gasteiger partial charge on any atom is 0.349 e. The number of aliphatic carboxylic acids is 1. The monoisotopic (exact) mass is 360 g/mol. The van der Waals surface area contributed by atoms with Crippen molar-refractivity contribution in [3.63, 3.8) is 0 Å². The van der Waals surface area contributed by atoms with E-state index >= 15 is 0 Å². The molecule has 4 rings (SSSR count). The Labute approximate surface area is 154 Å². The van der Waals surface area contributed by atoms with Gasteiger partial charge in [0, 0.05) is 16.5 Å². The Bertz CT molecular complexity index is 1210. The second kappa shape index (κ2) is 6.61. The average Bonchev–Trinajstić information content (AvgIpc) is 2.69. The molecule has 134 valence electrons. The third kappa shape index (κ3) is 2.93. The third-order valence-corrected chi connectivity index (χ3v) is 4.56. The summed E-state index contributed by atoms with van der Waals surface area (Å²) in [6.45, 7) is 1.75. The van der Waals surface area contributed by atoms with E-state index in [0.717, 1.165) is 10.8 Å². The Morgan fingerprint density at radius 1 is 0.926 bits per heavy atom. The van der Waals surface area contributed by atoms with E-state index in [0.29, 0.717) is 27.8 Å². The minimum atomic E-state index is -1.16. The number of rotatable bonds is 4. The van der Waals surface area contributed by atoms with Crippen molar-refractivity contribution in [2.45, 2.75) is 13.0 Å². The lowest BCUT2D eigenvalue weighted by atomic mass is 10.0. The van der Waals surface area contributed by atoms with Gasteiger partial charge in [-0.3, -0.25) is 0 Å². The largest absolute Gasteiger partial charge is 0.478 e. The normalized spacial score (nSPS) is 12.2. The van der Waals surface area contributed by atoms with Crippen LogP contribution in [0.15, 0.2) is 75.9 Å². The van der Waals surface area contributed by atoms with E-state index in [-0.39, 0.29) is 0 Å². The summed E-state index contributed by atoms with van der Waals surface area (Å²) < 4.78 is 11.3. The molecule has 0 fully saturated rings. The topological polar surface area (TPSA) is 76.7 Å². The van der Waals surface area contributed by atoms with Gasteiger partial charge in [0.05, 0.1) is 5.39 Å². The summed E-state index contributed by atoms with van der Waals surface area (Å²) in [6, 6.07) is 19.4. The van der Waals surface area contributed by atoms with E-state index in [1.165, 1.54) is 0 Å². The summed E-state index contributed by atoms with van der Waals surface area (Å²) in [5, 5.41) is 11.7. The number of benzene rings is 3. The van der Waals surface area contributed by atoms with Gasteiger partial charge >= 0.3 is 11.6 Å². The predicted octanol–water partition coefficient (Wildman–Crippen LogP) is 4.46. The molecule has 0 aliphatic carbocycles. The Kier molecular flexibility index (Phi) is 4.12. The minimum absolute atomic E-state index is 0.359. The van der Waals surface area contributed by atoms with E-state index < -0.39 is 17.7 Å². The zero-order valence-corrected chi connectivity index (χ0v) is 14.5. The highest BCUT2D eigenvalue weighted by molar-refractivity contribution is 6.05. The fourth-order valence-electron chi connectivity index (χ4n) is 3.20. The average molecular weight is 360 g/mol. The molecular formula is C22H16O5. The summed E-state index contributed by atoms with van der Waals surface area (Å²) >= 11 is 0. The molecule has 0 aliphatic heterocycles. The van der Waals surface area contributed by atoms with Gasteiger partial charge in [0.25, 0.3) is 0 Å². The first-order valence-corrected chi connectivity index (χ1v) is 8.46. The van der Waals surface area contributed by atoms with Crippen LogP contribution in [0, 0.1) is 6.92 Å². The number of fused-ring (bicyclic) bond motifs is 3. The number of carbonyl (C=O) groups is 1. The number of carboxylic acids is 1. The second-order valence-electron chi connectivity index (χ2n) is 6.25. The molecule has 27 heavy (non-hydrogen) atoms. The molecule has 1 heterocycles. The first-order valence-electron chi connectivity index (χ1n) is 8.46. The SMILES string of the molecule is Cc1c(O[C@@H](C(=O)O)c2ccccc2)ccc2c1oc(=O)c1ccccc12. The molecule has 0 amide bonds. The van der Waals surface area contributed by atoms with E-state index in [9.17, 15) is 14.7 Å². The number of hydrogen-bond donors (Lipinski definition) is 1. The molecule has 0 unspecified atom stereocenters. The van der Waals surface area contributed by atoms with Crippen LogP contribution in [0.5, 0.6) is 5.75 Å². The second-order valence-corrected chi connectivity index (χ2v) is 6.25. The number of carboxylic acid groups (broad SMARTS) is 1. The van der Waals surface area contributed by atoms with Gasteiger partial charge in [0.15, 0.2) is 0 Å². The van der Waals surface area contributed by atoms with Crippen molar-refractivity contribution in [3.8, 4) is 5.75 Å². The molecule has 3 aromatic carbocycles. The first kappa shape index (κ1) is 16.8. The summed E-state index contributed by atoms with van der Waals surface area (Å²) in [5.41, 5.74) is 1.08. The Balaban J connectivity index is 1.86. The number of aryl methyl sites for hydroxylation is 1. The number of ether oxygens (including phenoxy) is 1. The van der Waals surface area contributed by atoms with Gasteiger partial charge in [-0.05, 0) is 30.5 Å². The number of hydrogen-bond acceptors (Lipinski definition) is 4. The van der Waals surface area contributed by atoms with Gasteiger partial charge in [-0.1, -0.05) is 48.5 Å². The van der Waals surface area contributed by atoms with Crippen LogP contribution in [0.4, 0.5) is 0 Å². The van der Waals surface area contributed by atoms with Crippen LogP contribution in [0.3, 0.4) is 0 Å². The van der Waals surface area contributed by atoms with Gasteiger partial charge in [-0.2, -0.15) is 0 Å². The Morgan fingerprint density at radius 3 is 2.30 bits per heavy atom. The minimum Gasteiger partial charge on any atom is -0.478 e. The lowest BCUT2D eigenvalue weighted by Gasteiger charge is -2.17. The molecule has 0 bridgehead atoms. The van der Waals surface area contributed by atoms with Crippen LogP contribution in [0.25, 0.3) is 21.7 Å². The van der Waals surface area contributed by atoms with Crippen LogP contribution in [-0.4, -0.2) is 11.1 Å². The van der Waals surface area contributed by atoms with Crippen LogP contribution in [0.1, 0.15) is 17.2 Å². The Hall–Kier alpha value is -3.60. The van der Waals surface area contributed by atoms with E-state index in [2.05, 4.69) is 0 Å². The first-order chi connectivity index (χ1) is 13.1. The van der Waals surface area contributed by atoms with Gasteiger partial charge in [0.1, 0.15) is 11.3 Å². The van der Waals surface area contributed by atoms with Crippen LogP contribution in [0.2, 0.25) is 0 Å². The molecule has 5 heteroatoms. The fourth-order valence-corrected chi connectivity index (χ4v) is 3.20. The predicted molar refractivity (Wildman–Crippen MR) is 102 cm³/mol. The van der Waals surface area contributed by atoms with E-state index in [4.69, 9.17) is 9.15 Å². The lowest BCUT2D eigenvalue weighted by Crippen LogP contribution is -2.18. The highest BCUT2D eigenvalue weighted by atomic mass is 16.5. The zero-order valence-electron chi connectivity index (χ0n) is 14.5. The highest BCUT2D eigenvalue weighted by Crippen LogP contribution is 2.33. The van der Waals surface area contributed by atoms with E-state index in [1.54, 1.807) is 55.5 Å². The molecule has 0 radical (unpaired) electrons. The molecule has 5 nitrogen and oxygen atoms in total. The molecular weight excluding hydrogens is 344 g/mol. The van der Waals surface area contributed by atoms with Crippen molar-refractivity contribution in [1.29, 1.82) is 0 Å². The standard InChI is InChI=1S/C22H16O5/c1-13-18(26-20(21(23)24)14-7-3-2-4-8-14)12-11-16-15-9-5-6-10-17(15)22(25)27-19(13)16/h2-12,20H,1H3,(H,23,24)/t20-/m1/s1. The molecule has 0 saturated heterocycles. The highest BCUT2D eigenvalue weighted by Gasteiger charge is 2.23. The van der Waals surface area contributed by atoms with Crippen LogP contribution in [-0.2, 0) is 4.79 Å². The van der Waals surface area contributed by atoms with Crippen molar-refractivity contribution in [2.24, 2.45) is 0 Å². The van der Waals surface area contributed by atoms with Crippen molar-refractivity contribution in [2.75, 3.05) is 0 Å². The molecule has 1 aromatic heterocycles. The quantitative estimate of drug-likeness (QED) is 0.429. The van der Waals surface area contributed by atoms with Gasteiger partial charge in [-0.25, -0.2) is 9.59 Å². The van der Waals surface area contributed by atoms with Crippen molar-refractivity contribution < 1.29 is 19.1 Å². The lowest BCUT2D eigenvalue weighted by molar-refractivity contribution is -0.145. The van der Waals surface area contributed by atoms with Crippen LogP contribution >= 0.6 is 0 Å². The summed E-state index contributed by atoms with van der Waals surface area (Å²) in [7, 11) is 0. The van der Waals surface area contributed by atoms with Crippen LogP contribution < -0.4 is 10.4 Å². The molecule has 0 aliphatic rings. The summed E-state index contributed by atoms with van der Waals surface area (Å²) in [6.07, 6.45) is -1.16.